The van der Waals surface area contributed by atoms with E-state index in [4.69, 9.17) is 4.74 Å². The van der Waals surface area contributed by atoms with Crippen LogP contribution in [0.25, 0.3) is 0 Å². The van der Waals surface area contributed by atoms with Gasteiger partial charge in [-0.1, -0.05) is 13.3 Å². The number of nitrogens with zero attached hydrogens (tertiary/aromatic N) is 1. The van der Waals surface area contributed by atoms with Gasteiger partial charge in [0.15, 0.2) is 0 Å². The average molecular weight is 181 g/mol. The predicted octanol–water partition coefficient (Wildman–Crippen LogP) is 1.92. The second-order valence-corrected chi connectivity index (χ2v) is 2.96. The van der Waals surface area contributed by atoms with Gasteiger partial charge >= 0.3 is 0 Å². The lowest BCUT2D eigenvalue weighted by atomic mass is 10.1. The lowest BCUT2D eigenvalue weighted by Gasteiger charge is -2.09. The molecule has 1 N–H and O–H groups in total. The van der Waals surface area contributed by atoms with Gasteiger partial charge in [0.2, 0.25) is 0 Å². The van der Waals surface area contributed by atoms with E-state index in [-0.39, 0.29) is 0 Å². The standard InChI is InChI=1S/C10H15NO2/c1-3-4-10(12)8-5-9(13-2)7-11-6-8/h5-7,10,12H,3-4H2,1-2H3. The first-order valence-electron chi connectivity index (χ1n) is 4.45. The molecule has 1 aromatic rings. The van der Waals surface area contributed by atoms with Crippen LogP contribution in [0.1, 0.15) is 31.4 Å². The summed E-state index contributed by atoms with van der Waals surface area (Å²) in [5, 5.41) is 9.64. The van der Waals surface area contributed by atoms with Crippen LogP contribution in [-0.2, 0) is 0 Å². The van der Waals surface area contributed by atoms with Gasteiger partial charge in [0.1, 0.15) is 5.75 Å². The van der Waals surface area contributed by atoms with Crippen molar-refractivity contribution in [2.75, 3.05) is 7.11 Å². The molecule has 0 bridgehead atoms. The maximum Gasteiger partial charge on any atom is 0.137 e. The molecule has 0 radical (unpaired) electrons. The molecule has 1 unspecified atom stereocenters. The molecular weight excluding hydrogens is 166 g/mol. The van der Waals surface area contributed by atoms with Crippen molar-refractivity contribution in [1.82, 2.24) is 4.98 Å². The molecule has 0 saturated carbocycles. The van der Waals surface area contributed by atoms with E-state index in [1.54, 1.807) is 19.5 Å². The Kier molecular flexibility index (Phi) is 3.71. The molecule has 72 valence electrons. The number of methoxy groups -OCH3 is 1. The van der Waals surface area contributed by atoms with Gasteiger partial charge in [-0.05, 0) is 12.5 Å². The Bertz CT molecular complexity index is 263. The van der Waals surface area contributed by atoms with Crippen LogP contribution in [0.4, 0.5) is 0 Å². The zero-order valence-electron chi connectivity index (χ0n) is 8.03. The molecular formula is C10H15NO2. The van der Waals surface area contributed by atoms with Crippen LogP contribution in [0.15, 0.2) is 18.5 Å². The minimum atomic E-state index is -0.424. The third-order valence-corrected chi connectivity index (χ3v) is 1.92. The summed E-state index contributed by atoms with van der Waals surface area (Å²) in [6.07, 6.45) is 4.59. The molecule has 1 aromatic heterocycles. The highest BCUT2D eigenvalue weighted by molar-refractivity contribution is 5.24. The van der Waals surface area contributed by atoms with Crippen molar-refractivity contribution in [2.24, 2.45) is 0 Å². The first-order chi connectivity index (χ1) is 6.27. The molecule has 3 heteroatoms. The molecule has 1 atom stereocenters. The minimum absolute atomic E-state index is 0.424. The topological polar surface area (TPSA) is 42.4 Å². The number of hydrogen-bond acceptors (Lipinski definition) is 3. The first-order valence-corrected chi connectivity index (χ1v) is 4.45. The van der Waals surface area contributed by atoms with E-state index in [1.807, 2.05) is 13.0 Å². The fraction of sp³-hybridized carbons (Fsp3) is 0.500. The van der Waals surface area contributed by atoms with Gasteiger partial charge < -0.3 is 9.84 Å². The van der Waals surface area contributed by atoms with E-state index in [0.29, 0.717) is 5.75 Å². The molecule has 1 heterocycles. The van der Waals surface area contributed by atoms with Crippen molar-refractivity contribution in [3.8, 4) is 5.75 Å². The van der Waals surface area contributed by atoms with Gasteiger partial charge in [-0.25, -0.2) is 0 Å². The van der Waals surface area contributed by atoms with Crippen molar-refractivity contribution in [2.45, 2.75) is 25.9 Å². The lowest BCUT2D eigenvalue weighted by Crippen LogP contribution is -1.98. The monoisotopic (exact) mass is 181 g/mol. The Morgan fingerprint density at radius 3 is 2.92 bits per heavy atom. The number of aliphatic hydroxyl groups is 1. The van der Waals surface area contributed by atoms with E-state index in [0.717, 1.165) is 18.4 Å². The molecule has 0 aliphatic rings. The lowest BCUT2D eigenvalue weighted by molar-refractivity contribution is 0.165. The van der Waals surface area contributed by atoms with Crippen LogP contribution in [0, 0.1) is 0 Å². The van der Waals surface area contributed by atoms with E-state index < -0.39 is 6.10 Å². The number of aliphatic hydroxyl groups excluding tert-OH is 1. The minimum Gasteiger partial charge on any atom is -0.495 e. The summed E-state index contributed by atoms with van der Waals surface area (Å²) < 4.78 is 5.01. The Labute approximate surface area is 78.4 Å². The van der Waals surface area contributed by atoms with Gasteiger partial charge in [-0.2, -0.15) is 0 Å². The van der Waals surface area contributed by atoms with Gasteiger partial charge in [-0.15, -0.1) is 0 Å². The van der Waals surface area contributed by atoms with Gasteiger partial charge in [0.25, 0.3) is 0 Å². The van der Waals surface area contributed by atoms with Crippen molar-refractivity contribution in [1.29, 1.82) is 0 Å². The Hall–Kier alpha value is -1.09. The molecule has 0 aromatic carbocycles. The zero-order chi connectivity index (χ0) is 9.68. The quantitative estimate of drug-likeness (QED) is 0.771. The summed E-state index contributed by atoms with van der Waals surface area (Å²) in [5.41, 5.74) is 0.821. The summed E-state index contributed by atoms with van der Waals surface area (Å²) in [7, 11) is 1.59. The molecule has 0 amide bonds. The zero-order valence-corrected chi connectivity index (χ0v) is 8.03. The second kappa shape index (κ2) is 4.82. The normalized spacial score (nSPS) is 12.5. The number of rotatable bonds is 4. The molecule has 3 nitrogen and oxygen atoms in total. The second-order valence-electron chi connectivity index (χ2n) is 2.96. The summed E-state index contributed by atoms with van der Waals surface area (Å²) in [5.74, 6) is 0.688. The summed E-state index contributed by atoms with van der Waals surface area (Å²) >= 11 is 0. The van der Waals surface area contributed by atoms with Crippen LogP contribution in [0.2, 0.25) is 0 Å². The highest BCUT2D eigenvalue weighted by atomic mass is 16.5. The average Bonchev–Trinajstić information content (AvgIpc) is 2.18. The summed E-state index contributed by atoms with van der Waals surface area (Å²) in [6.45, 7) is 2.04. The Morgan fingerprint density at radius 2 is 2.31 bits per heavy atom. The molecule has 0 saturated heterocycles. The van der Waals surface area contributed by atoms with Crippen molar-refractivity contribution in [3.05, 3.63) is 24.0 Å². The van der Waals surface area contributed by atoms with Crippen LogP contribution < -0.4 is 4.74 Å². The maximum absolute atomic E-state index is 9.64. The molecule has 0 aliphatic carbocycles. The highest BCUT2D eigenvalue weighted by Gasteiger charge is 2.06. The van der Waals surface area contributed by atoms with Gasteiger partial charge in [-0.3, -0.25) is 4.98 Å². The predicted molar refractivity (Wildman–Crippen MR) is 50.7 cm³/mol. The van der Waals surface area contributed by atoms with Crippen LogP contribution in [-0.4, -0.2) is 17.2 Å². The third-order valence-electron chi connectivity index (χ3n) is 1.92. The van der Waals surface area contributed by atoms with Crippen molar-refractivity contribution >= 4 is 0 Å². The fourth-order valence-corrected chi connectivity index (χ4v) is 1.17. The molecule has 0 spiro atoms. The molecule has 0 fully saturated rings. The number of ether oxygens (including phenoxy) is 1. The van der Waals surface area contributed by atoms with Gasteiger partial charge in [0.05, 0.1) is 19.4 Å². The van der Waals surface area contributed by atoms with Crippen LogP contribution in [0.5, 0.6) is 5.75 Å². The van der Waals surface area contributed by atoms with Gasteiger partial charge in [0, 0.05) is 11.8 Å². The largest absolute Gasteiger partial charge is 0.495 e. The van der Waals surface area contributed by atoms with E-state index in [2.05, 4.69) is 4.98 Å². The first kappa shape index (κ1) is 9.99. The Balaban J connectivity index is 2.75. The maximum atomic E-state index is 9.64. The Morgan fingerprint density at radius 1 is 1.54 bits per heavy atom. The summed E-state index contributed by atoms with van der Waals surface area (Å²) in [6, 6.07) is 1.81. The molecule has 13 heavy (non-hydrogen) atoms. The van der Waals surface area contributed by atoms with E-state index in [1.165, 1.54) is 0 Å². The number of hydrogen-bond donors (Lipinski definition) is 1. The van der Waals surface area contributed by atoms with Crippen molar-refractivity contribution in [3.63, 3.8) is 0 Å². The highest BCUT2D eigenvalue weighted by Crippen LogP contribution is 2.20. The summed E-state index contributed by atoms with van der Waals surface area (Å²) in [4.78, 5) is 3.97. The van der Waals surface area contributed by atoms with Crippen molar-refractivity contribution < 1.29 is 9.84 Å². The fourth-order valence-electron chi connectivity index (χ4n) is 1.17. The molecule has 1 rings (SSSR count). The smallest absolute Gasteiger partial charge is 0.137 e. The number of aromatic nitrogens is 1. The number of pyridine rings is 1. The van der Waals surface area contributed by atoms with E-state index >= 15 is 0 Å². The SMILES string of the molecule is CCCC(O)c1cncc(OC)c1. The third kappa shape index (κ3) is 2.70. The molecule has 0 aliphatic heterocycles. The van der Waals surface area contributed by atoms with Crippen LogP contribution >= 0.6 is 0 Å². The van der Waals surface area contributed by atoms with Crippen LogP contribution in [0.3, 0.4) is 0 Å². The van der Waals surface area contributed by atoms with E-state index in [9.17, 15) is 5.11 Å².